The van der Waals surface area contributed by atoms with E-state index in [1.807, 2.05) is 6.92 Å². The molecule has 0 saturated heterocycles. The molecule has 1 rings (SSSR count). The number of nitrogens with zero attached hydrogens (tertiary/aromatic N) is 3. The molecule has 0 aliphatic heterocycles. The fourth-order valence-electron chi connectivity index (χ4n) is 1.21. The largest absolute Gasteiger partial charge is 0.476 e. The highest BCUT2D eigenvalue weighted by Gasteiger charge is 2.12. The van der Waals surface area contributed by atoms with Gasteiger partial charge in [-0.1, -0.05) is 18.6 Å². The number of unbranched alkanes of at least 4 members (excludes halogenated alkanes) is 1. The molecule has 0 aromatic carbocycles. The van der Waals surface area contributed by atoms with Gasteiger partial charge in [0.2, 0.25) is 5.91 Å². The van der Waals surface area contributed by atoms with E-state index < -0.39 is 17.9 Å². The van der Waals surface area contributed by atoms with Crippen molar-refractivity contribution >= 4 is 17.9 Å². The fourth-order valence-corrected chi connectivity index (χ4v) is 1.21. The molecule has 9 heteroatoms. The van der Waals surface area contributed by atoms with Crippen LogP contribution in [0.2, 0.25) is 0 Å². The number of carboxylic acid groups (broad SMARTS) is 1. The molecule has 104 valence electrons. The summed E-state index contributed by atoms with van der Waals surface area (Å²) < 4.78 is 1.04. The first-order valence-electron chi connectivity index (χ1n) is 5.74. The smallest absolute Gasteiger partial charge is 0.358 e. The predicted molar refractivity (Wildman–Crippen MR) is 63.4 cm³/mol. The van der Waals surface area contributed by atoms with Gasteiger partial charge in [0.15, 0.2) is 5.69 Å². The minimum atomic E-state index is -1.23. The van der Waals surface area contributed by atoms with Crippen molar-refractivity contribution < 1.29 is 19.5 Å². The number of hydrogen-bond donors (Lipinski definition) is 3. The Morgan fingerprint density at radius 2 is 2.16 bits per heavy atom. The zero-order chi connectivity index (χ0) is 14.3. The molecule has 0 atom stereocenters. The van der Waals surface area contributed by atoms with Gasteiger partial charge in [0.1, 0.15) is 6.54 Å². The number of urea groups is 1. The number of hydrogen-bond acceptors (Lipinski definition) is 5. The third-order valence-corrected chi connectivity index (χ3v) is 2.13. The van der Waals surface area contributed by atoms with Crippen molar-refractivity contribution in [1.29, 1.82) is 0 Å². The number of rotatable bonds is 6. The minimum Gasteiger partial charge on any atom is -0.476 e. The number of carbonyl (C=O) groups excluding carboxylic acids is 2. The Kier molecular flexibility index (Phi) is 5.45. The normalized spacial score (nSPS) is 9.95. The topological polar surface area (TPSA) is 126 Å². The van der Waals surface area contributed by atoms with E-state index in [0.717, 1.165) is 23.7 Å². The van der Waals surface area contributed by atoms with Crippen LogP contribution in [0.3, 0.4) is 0 Å². The Labute approximate surface area is 109 Å². The molecule has 0 bridgehead atoms. The minimum absolute atomic E-state index is 0.264. The molecule has 9 nitrogen and oxygen atoms in total. The number of carbonyl (C=O) groups is 3. The molecule has 0 fully saturated rings. The van der Waals surface area contributed by atoms with Crippen molar-refractivity contribution in [3.63, 3.8) is 0 Å². The molecule has 0 aliphatic rings. The van der Waals surface area contributed by atoms with E-state index in [1.165, 1.54) is 0 Å². The lowest BCUT2D eigenvalue weighted by atomic mass is 10.3. The van der Waals surface area contributed by atoms with Gasteiger partial charge >= 0.3 is 12.0 Å². The first kappa shape index (κ1) is 14.6. The number of aromatic carboxylic acids is 1. The standard InChI is InChI=1S/C10H15N5O4/c1-2-3-4-11-10(19)12-8(16)6-15-5-7(9(17)18)13-14-15/h5H,2-4,6H2,1H3,(H,17,18)(H2,11,12,16,19). The van der Waals surface area contributed by atoms with Crippen molar-refractivity contribution in [2.75, 3.05) is 6.54 Å². The number of nitrogens with one attached hydrogen (secondary N) is 2. The van der Waals surface area contributed by atoms with Gasteiger partial charge in [0.05, 0.1) is 6.20 Å². The molecule has 1 aromatic heterocycles. The first-order valence-corrected chi connectivity index (χ1v) is 5.74. The molecule has 19 heavy (non-hydrogen) atoms. The summed E-state index contributed by atoms with van der Waals surface area (Å²) in [5.41, 5.74) is -0.264. The van der Waals surface area contributed by atoms with Crippen LogP contribution in [0.25, 0.3) is 0 Å². The van der Waals surface area contributed by atoms with E-state index in [-0.39, 0.29) is 12.2 Å². The maximum Gasteiger partial charge on any atom is 0.358 e. The molecule has 0 saturated carbocycles. The molecule has 3 N–H and O–H groups in total. The average molecular weight is 269 g/mol. The van der Waals surface area contributed by atoms with Crippen LogP contribution in [-0.4, -0.2) is 44.6 Å². The van der Waals surface area contributed by atoms with E-state index in [0.29, 0.717) is 6.54 Å². The van der Waals surface area contributed by atoms with Crippen LogP contribution >= 0.6 is 0 Å². The summed E-state index contributed by atoms with van der Waals surface area (Å²) >= 11 is 0. The maximum absolute atomic E-state index is 11.4. The maximum atomic E-state index is 11.4. The van der Waals surface area contributed by atoms with Crippen LogP contribution in [0.4, 0.5) is 4.79 Å². The Hall–Kier alpha value is -2.45. The van der Waals surface area contributed by atoms with Crippen LogP contribution in [-0.2, 0) is 11.3 Å². The lowest BCUT2D eigenvalue weighted by molar-refractivity contribution is -0.120. The number of amides is 3. The van der Waals surface area contributed by atoms with Gasteiger partial charge in [-0.2, -0.15) is 0 Å². The second kappa shape index (κ2) is 7.09. The SMILES string of the molecule is CCCCNC(=O)NC(=O)Cn1cc(C(=O)O)nn1. The molecular formula is C10H15N5O4. The van der Waals surface area contributed by atoms with Crippen LogP contribution in [0, 0.1) is 0 Å². The van der Waals surface area contributed by atoms with Crippen LogP contribution in [0.15, 0.2) is 6.20 Å². The summed E-state index contributed by atoms with van der Waals surface area (Å²) in [6.07, 6.45) is 2.87. The fraction of sp³-hybridized carbons (Fsp3) is 0.500. The summed E-state index contributed by atoms with van der Waals surface area (Å²) in [5, 5.41) is 20.0. The summed E-state index contributed by atoms with van der Waals surface area (Å²) in [4.78, 5) is 33.2. The Morgan fingerprint density at radius 1 is 1.42 bits per heavy atom. The lowest BCUT2D eigenvalue weighted by Gasteiger charge is -2.05. The van der Waals surface area contributed by atoms with E-state index in [9.17, 15) is 14.4 Å². The highest BCUT2D eigenvalue weighted by Crippen LogP contribution is 1.92. The number of aromatic nitrogens is 3. The Morgan fingerprint density at radius 3 is 2.74 bits per heavy atom. The summed E-state index contributed by atoms with van der Waals surface area (Å²) in [5.74, 6) is -1.83. The summed E-state index contributed by atoms with van der Waals surface area (Å²) in [6.45, 7) is 2.19. The zero-order valence-corrected chi connectivity index (χ0v) is 10.4. The van der Waals surface area contributed by atoms with E-state index in [1.54, 1.807) is 0 Å². The lowest BCUT2D eigenvalue weighted by Crippen LogP contribution is -2.41. The molecule has 0 spiro atoms. The van der Waals surface area contributed by atoms with Gasteiger partial charge in [-0.05, 0) is 6.42 Å². The third kappa shape index (κ3) is 5.15. The van der Waals surface area contributed by atoms with Crippen LogP contribution in [0.5, 0.6) is 0 Å². The van der Waals surface area contributed by atoms with Gasteiger partial charge in [0, 0.05) is 6.54 Å². The van der Waals surface area contributed by atoms with Gasteiger partial charge in [-0.3, -0.25) is 10.1 Å². The second-order valence-electron chi connectivity index (χ2n) is 3.76. The monoisotopic (exact) mass is 269 g/mol. The molecule has 0 aliphatic carbocycles. The van der Waals surface area contributed by atoms with Crippen molar-refractivity contribution in [1.82, 2.24) is 25.6 Å². The Bertz CT molecular complexity index is 470. The Balaban J connectivity index is 2.37. The summed E-state index contributed by atoms with van der Waals surface area (Å²) in [6, 6.07) is -0.586. The zero-order valence-electron chi connectivity index (χ0n) is 10.4. The van der Waals surface area contributed by atoms with Gasteiger partial charge < -0.3 is 10.4 Å². The van der Waals surface area contributed by atoms with E-state index >= 15 is 0 Å². The summed E-state index contributed by atoms with van der Waals surface area (Å²) in [7, 11) is 0. The molecule has 0 unspecified atom stereocenters. The van der Waals surface area contributed by atoms with Crippen LogP contribution in [0.1, 0.15) is 30.3 Å². The quantitative estimate of drug-likeness (QED) is 0.603. The first-order chi connectivity index (χ1) is 9.02. The highest BCUT2D eigenvalue weighted by molar-refractivity contribution is 5.94. The van der Waals surface area contributed by atoms with Gasteiger partial charge in [0.25, 0.3) is 0 Å². The average Bonchev–Trinajstić information content (AvgIpc) is 2.77. The van der Waals surface area contributed by atoms with Gasteiger partial charge in [-0.15, -0.1) is 5.10 Å². The highest BCUT2D eigenvalue weighted by atomic mass is 16.4. The molecule has 0 radical (unpaired) electrons. The number of carboxylic acids is 1. The predicted octanol–water partition coefficient (Wildman–Crippen LogP) is -0.398. The van der Waals surface area contributed by atoms with Crippen LogP contribution < -0.4 is 10.6 Å². The molecule has 1 heterocycles. The van der Waals surface area contributed by atoms with Crippen molar-refractivity contribution in [3.8, 4) is 0 Å². The molecule has 3 amide bonds. The van der Waals surface area contributed by atoms with Crippen molar-refractivity contribution in [3.05, 3.63) is 11.9 Å². The second-order valence-corrected chi connectivity index (χ2v) is 3.76. The third-order valence-electron chi connectivity index (χ3n) is 2.13. The van der Waals surface area contributed by atoms with Gasteiger partial charge in [-0.25, -0.2) is 14.3 Å². The molecular weight excluding hydrogens is 254 g/mol. The van der Waals surface area contributed by atoms with Crippen molar-refractivity contribution in [2.45, 2.75) is 26.3 Å². The van der Waals surface area contributed by atoms with E-state index in [4.69, 9.17) is 5.11 Å². The van der Waals surface area contributed by atoms with E-state index in [2.05, 4.69) is 20.9 Å². The number of imide groups is 1. The molecule has 1 aromatic rings. The van der Waals surface area contributed by atoms with Crippen molar-refractivity contribution in [2.24, 2.45) is 0 Å².